The van der Waals surface area contributed by atoms with E-state index in [1.807, 2.05) is 12.4 Å². The van der Waals surface area contributed by atoms with Gasteiger partial charge in [-0.05, 0) is 46.2 Å². The summed E-state index contributed by atoms with van der Waals surface area (Å²) in [5.41, 5.74) is 5.50. The Hall–Kier alpha value is -3.90. The minimum absolute atomic E-state index is 0.0632. The number of nitriles is 1. The first-order valence-electron chi connectivity index (χ1n) is 12.4. The molecule has 0 aromatic heterocycles. The Labute approximate surface area is 216 Å². The highest BCUT2D eigenvalue weighted by molar-refractivity contribution is 5.56. The van der Waals surface area contributed by atoms with E-state index in [9.17, 15) is 5.26 Å². The van der Waals surface area contributed by atoms with Crippen molar-refractivity contribution in [3.8, 4) is 6.07 Å². The zero-order valence-corrected chi connectivity index (χ0v) is 22.3. The molecule has 2 aliphatic rings. The number of nitrogens with zero attached hydrogens (tertiary/aromatic N) is 6. The fourth-order valence-electron chi connectivity index (χ4n) is 4.48. The average molecular weight is 481 g/mol. The van der Waals surface area contributed by atoms with Gasteiger partial charge in [0.1, 0.15) is 18.4 Å². The summed E-state index contributed by atoms with van der Waals surface area (Å²) in [6.07, 6.45) is 3.87. The van der Waals surface area contributed by atoms with Crippen molar-refractivity contribution >= 4 is 11.4 Å². The topological polar surface area (TPSA) is 41.1 Å². The summed E-state index contributed by atoms with van der Waals surface area (Å²) in [6.45, 7) is 23.5. The maximum Gasteiger partial charge on any atom is 0.243 e. The van der Waals surface area contributed by atoms with Crippen LogP contribution < -0.4 is 9.80 Å². The van der Waals surface area contributed by atoms with E-state index in [0.717, 1.165) is 11.4 Å². The Bertz CT molecular complexity index is 1160. The Balaban J connectivity index is 1.44. The van der Waals surface area contributed by atoms with Gasteiger partial charge in [0.15, 0.2) is 0 Å². The van der Waals surface area contributed by atoms with Crippen molar-refractivity contribution in [1.82, 2.24) is 9.80 Å². The van der Waals surface area contributed by atoms with E-state index in [2.05, 4.69) is 121 Å². The van der Waals surface area contributed by atoms with Crippen molar-refractivity contribution in [3.63, 3.8) is 0 Å². The summed E-state index contributed by atoms with van der Waals surface area (Å²) in [5.74, 6) is 0.632. The van der Waals surface area contributed by atoms with Gasteiger partial charge in [-0.3, -0.25) is 0 Å². The van der Waals surface area contributed by atoms with Crippen molar-refractivity contribution in [2.24, 2.45) is 0 Å². The summed E-state index contributed by atoms with van der Waals surface area (Å²) in [7, 11) is 0. The summed E-state index contributed by atoms with van der Waals surface area (Å²) < 4.78 is 0. The lowest BCUT2D eigenvalue weighted by atomic mass is 9.87. The van der Waals surface area contributed by atoms with Gasteiger partial charge in [-0.1, -0.05) is 72.4 Å². The third kappa shape index (κ3) is 5.34. The number of rotatable bonds is 5. The van der Waals surface area contributed by atoms with E-state index in [1.165, 1.54) is 11.1 Å². The van der Waals surface area contributed by atoms with Gasteiger partial charge in [-0.2, -0.15) is 5.26 Å². The standard InChI is InChI=1S/C30H36N6/c1-29(2,3)23-10-8-12-25(16-23)35-19-27(18-31)33(21-35)14-15-34-22-36(20-28(34)32-7)26-13-9-11-24(17-26)30(4,5)6/h8-13,16-17,19-20H,14-15,21-22H2,1-6H3. The number of allylic oxidation sites excluding steroid dienone is 1. The van der Waals surface area contributed by atoms with Gasteiger partial charge in [0.25, 0.3) is 0 Å². The number of hydrogen-bond acceptors (Lipinski definition) is 5. The van der Waals surface area contributed by atoms with Crippen molar-refractivity contribution in [1.29, 1.82) is 5.26 Å². The normalized spacial score (nSPS) is 16.1. The van der Waals surface area contributed by atoms with E-state index in [0.29, 0.717) is 37.9 Å². The third-order valence-corrected chi connectivity index (χ3v) is 6.82. The molecule has 2 heterocycles. The molecule has 0 spiro atoms. The summed E-state index contributed by atoms with van der Waals surface area (Å²) >= 11 is 0. The zero-order valence-electron chi connectivity index (χ0n) is 22.3. The zero-order chi connectivity index (χ0) is 26.1. The van der Waals surface area contributed by atoms with Crippen LogP contribution in [0, 0.1) is 17.9 Å². The maximum absolute atomic E-state index is 9.79. The van der Waals surface area contributed by atoms with Gasteiger partial charge in [-0.15, -0.1) is 0 Å². The first-order chi connectivity index (χ1) is 17.0. The average Bonchev–Trinajstić information content (AvgIpc) is 3.45. The molecule has 6 nitrogen and oxygen atoms in total. The largest absolute Gasteiger partial charge is 0.363 e. The predicted molar refractivity (Wildman–Crippen MR) is 147 cm³/mol. The van der Waals surface area contributed by atoms with Crippen LogP contribution in [0.2, 0.25) is 0 Å². The van der Waals surface area contributed by atoms with E-state index in [-0.39, 0.29) is 10.8 Å². The lowest BCUT2D eigenvalue weighted by molar-refractivity contribution is 0.304. The molecule has 0 bridgehead atoms. The summed E-state index contributed by atoms with van der Waals surface area (Å²) in [4.78, 5) is 12.2. The minimum atomic E-state index is 0.0632. The van der Waals surface area contributed by atoms with E-state index >= 15 is 0 Å². The fraction of sp³-hybridized carbons (Fsp3) is 0.400. The molecule has 0 fully saturated rings. The monoisotopic (exact) mass is 480 g/mol. The van der Waals surface area contributed by atoms with Crippen molar-refractivity contribution in [3.05, 3.63) is 95.0 Å². The number of anilines is 2. The Morgan fingerprint density at radius 2 is 1.31 bits per heavy atom. The van der Waals surface area contributed by atoms with Crippen LogP contribution in [0.1, 0.15) is 52.7 Å². The van der Waals surface area contributed by atoms with Gasteiger partial charge in [0.05, 0.1) is 19.8 Å². The molecule has 6 heteroatoms. The summed E-state index contributed by atoms with van der Waals surface area (Å²) in [6, 6.07) is 19.4. The van der Waals surface area contributed by atoms with Crippen molar-refractivity contribution in [2.75, 3.05) is 36.2 Å². The Kier molecular flexibility index (Phi) is 6.74. The molecule has 0 saturated heterocycles. The van der Waals surface area contributed by atoms with Crippen LogP contribution in [0.25, 0.3) is 4.85 Å². The lowest BCUT2D eigenvalue weighted by Crippen LogP contribution is -2.36. The second-order valence-electron chi connectivity index (χ2n) is 11.6. The van der Waals surface area contributed by atoms with Gasteiger partial charge < -0.3 is 24.4 Å². The van der Waals surface area contributed by atoms with Crippen LogP contribution in [-0.4, -0.2) is 36.2 Å². The first kappa shape index (κ1) is 25.2. The van der Waals surface area contributed by atoms with E-state index in [1.54, 1.807) is 0 Å². The van der Waals surface area contributed by atoms with Crippen LogP contribution in [0.3, 0.4) is 0 Å². The van der Waals surface area contributed by atoms with Gasteiger partial charge in [0, 0.05) is 23.8 Å². The minimum Gasteiger partial charge on any atom is -0.363 e. The van der Waals surface area contributed by atoms with Crippen molar-refractivity contribution in [2.45, 2.75) is 52.4 Å². The van der Waals surface area contributed by atoms with Crippen LogP contribution in [0.5, 0.6) is 0 Å². The highest BCUT2D eigenvalue weighted by Gasteiger charge is 2.28. The molecule has 0 N–H and O–H groups in total. The fourth-order valence-corrected chi connectivity index (χ4v) is 4.48. The Morgan fingerprint density at radius 1 is 0.806 bits per heavy atom. The molecule has 4 rings (SSSR count). The molecule has 0 radical (unpaired) electrons. The second-order valence-corrected chi connectivity index (χ2v) is 11.6. The molecule has 2 aliphatic heterocycles. The van der Waals surface area contributed by atoms with Gasteiger partial charge >= 0.3 is 0 Å². The van der Waals surface area contributed by atoms with Crippen LogP contribution >= 0.6 is 0 Å². The molecule has 0 saturated carbocycles. The van der Waals surface area contributed by atoms with Crippen molar-refractivity contribution < 1.29 is 0 Å². The molecule has 0 unspecified atom stereocenters. The molecule has 2 aromatic carbocycles. The third-order valence-electron chi connectivity index (χ3n) is 6.82. The molecule has 186 valence electrons. The molecule has 2 aromatic rings. The molecular formula is C30H36N6. The van der Waals surface area contributed by atoms with E-state index < -0.39 is 0 Å². The highest BCUT2D eigenvalue weighted by Crippen LogP contribution is 2.31. The van der Waals surface area contributed by atoms with Crippen LogP contribution in [0.15, 0.2) is 72.4 Å². The summed E-state index contributed by atoms with van der Waals surface area (Å²) in [5, 5.41) is 9.79. The smallest absolute Gasteiger partial charge is 0.243 e. The predicted octanol–water partition coefficient (Wildman–Crippen LogP) is 6.22. The van der Waals surface area contributed by atoms with E-state index in [4.69, 9.17) is 6.57 Å². The molecule has 0 aliphatic carbocycles. The SMILES string of the molecule is [C-]#[N+]C1=CN(c2cccc(C(C)(C)C)c2)CN1CCN1CN(c2cccc(C(C)(C)C)c2)C=C1C#N. The lowest BCUT2D eigenvalue weighted by Gasteiger charge is -2.26. The number of benzene rings is 2. The Morgan fingerprint density at radius 3 is 1.81 bits per heavy atom. The second kappa shape index (κ2) is 9.63. The quantitative estimate of drug-likeness (QED) is 0.475. The van der Waals surface area contributed by atoms with Gasteiger partial charge in [0.2, 0.25) is 5.82 Å². The highest BCUT2D eigenvalue weighted by atomic mass is 15.4. The molecule has 0 amide bonds. The number of hydrogen-bond donors (Lipinski definition) is 0. The maximum atomic E-state index is 9.79. The van der Waals surface area contributed by atoms with Crippen LogP contribution in [-0.2, 0) is 10.8 Å². The van der Waals surface area contributed by atoms with Crippen LogP contribution in [0.4, 0.5) is 11.4 Å². The van der Waals surface area contributed by atoms with Gasteiger partial charge in [-0.25, -0.2) is 0 Å². The molecule has 36 heavy (non-hydrogen) atoms. The molecular weight excluding hydrogens is 444 g/mol. The first-order valence-corrected chi connectivity index (χ1v) is 12.4. The molecule has 0 atom stereocenters.